The van der Waals surface area contributed by atoms with Crippen molar-refractivity contribution >= 4 is 216 Å². The minimum absolute atomic E-state index is 0. The van der Waals surface area contributed by atoms with Gasteiger partial charge in [0.2, 0.25) is 0 Å². The summed E-state index contributed by atoms with van der Waals surface area (Å²) < 4.78 is 21.1. The van der Waals surface area contributed by atoms with E-state index in [-0.39, 0.29) is 23.4 Å². The zero-order valence-electron chi connectivity index (χ0n) is 75.7. The molecule has 8 aromatic heterocycles. The summed E-state index contributed by atoms with van der Waals surface area (Å²) >= 11 is 30.3. The van der Waals surface area contributed by atoms with Crippen molar-refractivity contribution in [3.8, 4) is 24.2 Å². The number of aromatic amines is 2. The second-order valence-corrected chi connectivity index (χ2v) is 40.5. The summed E-state index contributed by atoms with van der Waals surface area (Å²) in [6.07, 6.45) is 18.8. The molecule has 0 radical (unpaired) electrons. The Labute approximate surface area is 841 Å². The van der Waals surface area contributed by atoms with Crippen molar-refractivity contribution in [2.45, 2.75) is 153 Å². The van der Waals surface area contributed by atoms with Crippen molar-refractivity contribution in [2.75, 3.05) is 40.6 Å². The number of terminal acetylenes is 1. The predicted molar refractivity (Wildman–Crippen MR) is 569 cm³/mol. The third-order valence-electron chi connectivity index (χ3n) is 16.5. The van der Waals surface area contributed by atoms with E-state index >= 15 is 0 Å². The molecule has 9 heterocycles. The third kappa shape index (κ3) is 48.2. The van der Waals surface area contributed by atoms with Crippen LogP contribution in [0.3, 0.4) is 0 Å². The summed E-state index contributed by atoms with van der Waals surface area (Å²) in [4.78, 5) is 64.3. The van der Waals surface area contributed by atoms with Gasteiger partial charge < -0.3 is 40.4 Å². The standard InChI is InChI=1S/2C18H15P.C14H17ClN2O2.C10H12ClIN2O2.C10H13ClN2O2.C9H9ClN2.C9H11N3.C5H5ClN2.C4H8O.C4H6.CH4.2ClH.Pd/c2*1-4-10-16(11-5-1)19(17-12-6-2-7-13-17)18-14-8-3-9-15-18;1-5-6-7-10-8-12(15)16-9-11(10)17-13(18)19-14(2,3)4;1-10(2,3)16-9(15)14-7-5-13-8(11)4-6(7)12;1-10(2,3)15-9(14)13-7-4-5-8(11)12-6-7;2*1-2-7-3-6-4-9(10)11-5-8(6)12-7;6-5-2-1-4(7)3-8-5;1-2-4-5-3-1;1-3-4-2;;;;/h2*1-15H;8-9H,5H2,1-4H3,(H,17,18);4-5H,1-3H3,(H,14,15);4-6H,1-3H3,(H,13,14);3-5,12H,2H2,1H3;3-5,12H,2H2,1H3,(H2,10,11);1-3H,7H2;1-4H2;1H,4H2,2H3;1H4;2*1H;/q;;;;;;;;;;;;;+2/p-2. The number of ether oxygens (including phenoxy) is 4. The maximum Gasteiger partial charge on any atom is -0.0134 e. The normalized spacial score (nSPS) is 10.8. The van der Waals surface area contributed by atoms with Crippen molar-refractivity contribution < 1.29 is 49.3 Å². The van der Waals surface area contributed by atoms with Gasteiger partial charge in [0, 0.05) is 51.8 Å². The number of aryl methyl sites for hydroxylation is 2. The van der Waals surface area contributed by atoms with Crippen LogP contribution in [-0.2, 0) is 47.7 Å². The van der Waals surface area contributed by atoms with Crippen LogP contribution >= 0.6 is 115 Å². The minimum Gasteiger partial charge on any atom is -0.0622 e. The first-order valence-electron chi connectivity index (χ1n) is 41.6. The Kier molecular flexibility index (Phi) is 55.0. The number of fused-ring (bicyclic) bond motifs is 2. The summed E-state index contributed by atoms with van der Waals surface area (Å²) in [5.74, 6) is 8.86. The molecule has 133 heavy (non-hydrogen) atoms. The number of anilines is 5. The maximum absolute atomic E-state index is 11.7. The molecule has 0 aliphatic carbocycles. The van der Waals surface area contributed by atoms with E-state index in [9.17, 15) is 14.4 Å². The summed E-state index contributed by atoms with van der Waals surface area (Å²) in [7, 11) is 8.74. The van der Waals surface area contributed by atoms with Gasteiger partial charge >= 0.3 is 53.3 Å². The topological polar surface area (TPSA) is 285 Å². The molecule has 706 valence electrons. The van der Waals surface area contributed by atoms with E-state index in [4.69, 9.17) is 114 Å². The summed E-state index contributed by atoms with van der Waals surface area (Å²) in [5, 5.41) is 20.5. The summed E-state index contributed by atoms with van der Waals surface area (Å²) in [6.45, 7) is 26.3. The number of H-pyrrole nitrogens is 2. The quantitative estimate of drug-likeness (QED) is 0.0158. The number of aromatic nitrogens is 8. The number of nitrogens with zero attached hydrogens (tertiary/aromatic N) is 6. The van der Waals surface area contributed by atoms with Gasteiger partial charge in [-0.05, 0) is 219 Å². The van der Waals surface area contributed by atoms with E-state index in [0.717, 1.165) is 57.9 Å². The average Bonchev–Trinajstić information content (AvgIpc) is 1.68. The van der Waals surface area contributed by atoms with Crippen LogP contribution < -0.4 is 59.2 Å². The van der Waals surface area contributed by atoms with Crippen LogP contribution in [0.1, 0.15) is 140 Å². The van der Waals surface area contributed by atoms with E-state index in [1.807, 2.05) is 26.0 Å². The number of nitrogens with one attached hydrogen (secondary N) is 5. The van der Waals surface area contributed by atoms with Crippen molar-refractivity contribution in [1.82, 2.24) is 39.9 Å². The van der Waals surface area contributed by atoms with Crippen LogP contribution in [0.2, 0.25) is 25.8 Å². The van der Waals surface area contributed by atoms with Gasteiger partial charge in [0.25, 0.3) is 0 Å². The van der Waals surface area contributed by atoms with Gasteiger partial charge in [0.05, 0.1) is 76.5 Å². The number of amides is 3. The third-order valence-corrected chi connectivity index (χ3v) is 23.3. The summed E-state index contributed by atoms with van der Waals surface area (Å²) in [5.41, 5.74) is 16.7. The van der Waals surface area contributed by atoms with Gasteiger partial charge in [-0.3, -0.25) is 16.0 Å². The van der Waals surface area contributed by atoms with E-state index < -0.39 is 50.9 Å². The van der Waals surface area contributed by atoms with Crippen LogP contribution in [0, 0.1) is 27.8 Å². The first-order valence-corrected chi connectivity index (χ1v) is 51.3. The van der Waals surface area contributed by atoms with Crippen molar-refractivity contribution in [1.29, 1.82) is 0 Å². The molecule has 0 bridgehead atoms. The molecule has 1 aliphatic heterocycles. The molecule has 0 unspecified atom stereocenters. The Bertz CT molecular complexity index is 5390. The molecule has 0 spiro atoms. The average molecular weight is 2180 g/mol. The zero-order valence-corrected chi connectivity index (χ0v) is 86.5. The Morgan fingerprint density at radius 3 is 1.12 bits per heavy atom. The number of carbonyl (C=O) groups excluding carboxylic acids is 3. The van der Waals surface area contributed by atoms with Gasteiger partial charge in [-0.2, -0.15) is 0 Å². The number of benzene rings is 6. The van der Waals surface area contributed by atoms with E-state index in [1.54, 1.807) is 111 Å². The first kappa shape index (κ1) is 115. The van der Waals surface area contributed by atoms with Crippen LogP contribution in [-0.4, -0.2) is 88.2 Å². The maximum atomic E-state index is 11.7. The Hall–Kier alpha value is -9.93. The Balaban J connectivity index is 0.000000314. The molecule has 1 aliphatic rings. The van der Waals surface area contributed by atoms with Crippen LogP contribution in [0.15, 0.2) is 280 Å². The van der Waals surface area contributed by atoms with Crippen LogP contribution in [0.25, 0.3) is 21.8 Å². The molecule has 6 aromatic carbocycles. The van der Waals surface area contributed by atoms with E-state index in [0.29, 0.717) is 66.3 Å². The van der Waals surface area contributed by atoms with Crippen molar-refractivity contribution in [3.63, 3.8) is 0 Å². The fraction of sp³-hybridized carbons (Fsp3) is 0.245. The number of nitrogen functional groups attached to an aromatic ring is 2. The molecule has 14 aromatic rings. The second kappa shape index (κ2) is 63.3. The first-order chi connectivity index (χ1) is 63.1. The fourth-order valence-corrected chi connectivity index (χ4v) is 16.9. The molecule has 3 amide bonds. The Morgan fingerprint density at radius 1 is 0.451 bits per heavy atom. The molecule has 1 saturated heterocycles. The Morgan fingerprint density at radius 2 is 0.789 bits per heavy atom. The zero-order chi connectivity index (χ0) is 96.9. The SMILES string of the molecule is C.C#CCC.C1CCOC1.CC(C)(C)OC(=O)Nc1ccc(Cl)nc1.CC(C)(C)OC(=O)Nc1cnc(Cl)cc1I.CCC#Cc1cc(Cl)ncc1NC(=O)OC(C)(C)C.CCc1cc2cc(Cl)ncc2[nH]1.CCc1cc2cc(N)ncc2[nH]1.Nc1ccc(Cl)nc1.[Cl][Pd][Cl].c1ccc(P(c2ccccc2)c2ccccc2)cc1.c1ccc(P(c2ccccc2)c2ccccc2)cc1. The number of halogens is 8. The molecular weight excluding hydrogens is 2060 g/mol. The number of carbonyl (C=O) groups is 3. The molecule has 0 atom stereocenters. The van der Waals surface area contributed by atoms with E-state index in [1.165, 1.54) is 80.8 Å². The predicted octanol–water partition coefficient (Wildman–Crippen LogP) is 27.1. The largest absolute Gasteiger partial charge is 0.0622 e. The second-order valence-electron chi connectivity index (χ2n) is 30.6. The van der Waals surface area contributed by atoms with Crippen LogP contribution in [0.5, 0.6) is 0 Å². The number of rotatable bonds is 11. The summed E-state index contributed by atoms with van der Waals surface area (Å²) in [6, 6.07) is 82.5. The molecule has 9 N–H and O–H groups in total. The van der Waals surface area contributed by atoms with Gasteiger partial charge in [-0.15, -0.1) is 12.3 Å². The molecule has 31 heteroatoms. The molecule has 15 rings (SSSR count). The van der Waals surface area contributed by atoms with Crippen LogP contribution in [0.4, 0.5) is 43.0 Å². The van der Waals surface area contributed by atoms with Crippen molar-refractivity contribution in [2.24, 2.45) is 0 Å². The molecule has 0 saturated carbocycles. The van der Waals surface area contributed by atoms with E-state index in [2.05, 4.69) is 304 Å². The van der Waals surface area contributed by atoms with Gasteiger partial charge in [-0.25, -0.2) is 44.3 Å². The number of hydrogen-bond acceptors (Lipinski definition) is 15. The number of nitrogens with two attached hydrogens (primary N) is 2. The molecule has 1 fully saturated rings. The van der Waals surface area contributed by atoms with Gasteiger partial charge in [-0.1, -0.05) is 287 Å². The minimum atomic E-state index is -0.556. The number of hydrogen-bond donors (Lipinski definition) is 7. The van der Waals surface area contributed by atoms with Gasteiger partial charge in [0.1, 0.15) is 48.4 Å². The smallest absolute Gasteiger partial charge is 0.0134 e. The van der Waals surface area contributed by atoms with Gasteiger partial charge in [0.15, 0.2) is 0 Å². The fourth-order valence-electron chi connectivity index (χ4n) is 10.8. The monoisotopic (exact) mass is 2170 g/mol. The molecule has 20 nitrogen and oxygen atoms in total. The molecular formula is C102H115Cl7IN13O7P2Pd. The van der Waals surface area contributed by atoms with Crippen molar-refractivity contribution in [3.05, 3.63) is 326 Å². The number of pyridine rings is 6.